The third kappa shape index (κ3) is 3.16. The number of halogens is 2. The largest absolute Gasteiger partial charge is 0.387 e. The molecule has 1 aromatic rings. The predicted octanol–water partition coefficient (Wildman–Crippen LogP) is 2.02. The molecule has 5 heteroatoms. The average Bonchev–Trinajstić information content (AvgIpc) is 2.36. The van der Waals surface area contributed by atoms with Crippen molar-refractivity contribution in [1.82, 2.24) is 9.80 Å². The van der Waals surface area contributed by atoms with Crippen LogP contribution in [0.5, 0.6) is 0 Å². The number of nitrogens with zero attached hydrogens (tertiary/aromatic N) is 2. The minimum Gasteiger partial charge on any atom is -0.387 e. The molecule has 1 atom stereocenters. The Kier molecular flexibility index (Phi) is 4.42. The number of β-amino-alcohol motifs (C(OH)–C–C–N with tert-alkyl or cyclic N) is 1. The van der Waals surface area contributed by atoms with Crippen LogP contribution in [0.25, 0.3) is 0 Å². The highest BCUT2D eigenvalue weighted by Gasteiger charge is 2.32. The van der Waals surface area contributed by atoms with E-state index in [-0.39, 0.29) is 11.1 Å². The summed E-state index contributed by atoms with van der Waals surface area (Å²) in [5.41, 5.74) is 0.0417. The molecule has 0 aromatic heterocycles. The number of likely N-dealkylation sites (N-methyl/N-ethyl adjacent to an activating group) is 1. The van der Waals surface area contributed by atoms with Crippen LogP contribution in [0.2, 0.25) is 0 Å². The third-order valence-corrected chi connectivity index (χ3v) is 4.17. The van der Waals surface area contributed by atoms with E-state index in [0.29, 0.717) is 6.54 Å². The summed E-state index contributed by atoms with van der Waals surface area (Å²) < 4.78 is 26.8. The molecule has 112 valence electrons. The van der Waals surface area contributed by atoms with Gasteiger partial charge in [-0.15, -0.1) is 0 Å². The van der Waals surface area contributed by atoms with E-state index >= 15 is 0 Å². The van der Waals surface area contributed by atoms with Gasteiger partial charge < -0.3 is 5.11 Å². The van der Waals surface area contributed by atoms with Crippen molar-refractivity contribution in [2.45, 2.75) is 25.5 Å². The second kappa shape index (κ2) is 5.76. The smallest absolute Gasteiger partial charge is 0.164 e. The zero-order chi connectivity index (χ0) is 14.9. The molecule has 1 saturated heterocycles. The first kappa shape index (κ1) is 15.4. The van der Waals surface area contributed by atoms with E-state index in [1.165, 1.54) is 12.1 Å². The van der Waals surface area contributed by atoms with Gasteiger partial charge in [-0.1, -0.05) is 12.1 Å². The lowest BCUT2D eigenvalue weighted by molar-refractivity contribution is 0.0134. The minimum atomic E-state index is -1.01. The maximum Gasteiger partial charge on any atom is 0.164 e. The Morgan fingerprint density at radius 2 is 2.00 bits per heavy atom. The monoisotopic (exact) mass is 284 g/mol. The van der Waals surface area contributed by atoms with Crippen molar-refractivity contribution >= 4 is 0 Å². The summed E-state index contributed by atoms with van der Waals surface area (Å²) in [5.74, 6) is -1.87. The number of hydrogen-bond acceptors (Lipinski definition) is 3. The van der Waals surface area contributed by atoms with Crippen molar-refractivity contribution < 1.29 is 13.9 Å². The molecule has 20 heavy (non-hydrogen) atoms. The zero-order valence-electron chi connectivity index (χ0n) is 12.2. The van der Waals surface area contributed by atoms with E-state index in [4.69, 9.17) is 0 Å². The van der Waals surface area contributed by atoms with Crippen molar-refractivity contribution in [1.29, 1.82) is 0 Å². The van der Waals surface area contributed by atoms with Gasteiger partial charge in [0.2, 0.25) is 0 Å². The van der Waals surface area contributed by atoms with Crippen LogP contribution in [0.4, 0.5) is 8.78 Å². The molecule has 1 unspecified atom stereocenters. The Morgan fingerprint density at radius 1 is 1.30 bits per heavy atom. The SMILES string of the molecule is CN1CCN(CC(O)c2cccc(F)c2F)CC1(C)C. The quantitative estimate of drug-likeness (QED) is 0.920. The van der Waals surface area contributed by atoms with Crippen molar-refractivity contribution in [3.05, 3.63) is 35.4 Å². The van der Waals surface area contributed by atoms with Gasteiger partial charge in [0.05, 0.1) is 6.10 Å². The fraction of sp³-hybridized carbons (Fsp3) is 0.600. The summed E-state index contributed by atoms with van der Waals surface area (Å²) in [7, 11) is 2.07. The van der Waals surface area contributed by atoms with Crippen LogP contribution in [0, 0.1) is 11.6 Å². The van der Waals surface area contributed by atoms with Gasteiger partial charge in [-0.3, -0.25) is 9.80 Å². The van der Waals surface area contributed by atoms with Gasteiger partial charge in [0, 0.05) is 37.3 Å². The summed E-state index contributed by atoms with van der Waals surface area (Å²) in [6.07, 6.45) is -1.01. The van der Waals surface area contributed by atoms with E-state index in [2.05, 4.69) is 30.7 Å². The van der Waals surface area contributed by atoms with Crippen LogP contribution >= 0.6 is 0 Å². The third-order valence-electron chi connectivity index (χ3n) is 4.17. The normalized spacial score (nSPS) is 21.9. The molecule has 1 aliphatic heterocycles. The van der Waals surface area contributed by atoms with E-state index in [1.807, 2.05) is 0 Å². The molecule has 1 heterocycles. The van der Waals surface area contributed by atoms with E-state index in [1.54, 1.807) is 0 Å². The molecule has 3 nitrogen and oxygen atoms in total. The highest BCUT2D eigenvalue weighted by Crippen LogP contribution is 2.24. The molecule has 1 N–H and O–H groups in total. The lowest BCUT2D eigenvalue weighted by Crippen LogP contribution is -2.58. The van der Waals surface area contributed by atoms with Crippen molar-refractivity contribution in [3.63, 3.8) is 0 Å². The van der Waals surface area contributed by atoms with Crippen LogP contribution in [0.1, 0.15) is 25.5 Å². The van der Waals surface area contributed by atoms with E-state index in [9.17, 15) is 13.9 Å². The maximum atomic E-state index is 13.7. The fourth-order valence-corrected chi connectivity index (χ4v) is 2.62. The summed E-state index contributed by atoms with van der Waals surface area (Å²) in [5, 5.41) is 10.2. The standard InChI is InChI=1S/C15H22F2N2O/c1-15(2)10-19(8-7-18(15)3)9-13(20)11-5-4-6-12(16)14(11)17/h4-6,13,20H,7-10H2,1-3H3. The summed E-state index contributed by atoms with van der Waals surface area (Å²) >= 11 is 0. The van der Waals surface area contributed by atoms with Gasteiger partial charge in [-0.25, -0.2) is 8.78 Å². The van der Waals surface area contributed by atoms with Gasteiger partial charge in [0.25, 0.3) is 0 Å². The first-order chi connectivity index (χ1) is 9.31. The molecule has 0 bridgehead atoms. The topological polar surface area (TPSA) is 26.7 Å². The Morgan fingerprint density at radius 3 is 2.65 bits per heavy atom. The molecule has 1 aliphatic rings. The predicted molar refractivity (Wildman–Crippen MR) is 74.5 cm³/mol. The molecule has 1 fully saturated rings. The number of benzene rings is 1. The number of aliphatic hydroxyl groups excluding tert-OH is 1. The van der Waals surface area contributed by atoms with E-state index in [0.717, 1.165) is 25.7 Å². The van der Waals surface area contributed by atoms with Crippen molar-refractivity contribution in [2.75, 3.05) is 33.2 Å². The summed E-state index contributed by atoms with van der Waals surface area (Å²) in [6, 6.07) is 3.92. The second-order valence-corrected chi connectivity index (χ2v) is 6.13. The second-order valence-electron chi connectivity index (χ2n) is 6.13. The van der Waals surface area contributed by atoms with Crippen LogP contribution in [0.15, 0.2) is 18.2 Å². The molecule has 0 spiro atoms. The maximum absolute atomic E-state index is 13.7. The average molecular weight is 284 g/mol. The molecule has 0 amide bonds. The van der Waals surface area contributed by atoms with Gasteiger partial charge in [0.15, 0.2) is 11.6 Å². The minimum absolute atomic E-state index is 0.0124. The van der Waals surface area contributed by atoms with Gasteiger partial charge in [0.1, 0.15) is 0 Å². The highest BCUT2D eigenvalue weighted by molar-refractivity contribution is 5.21. The molecule has 2 rings (SSSR count). The zero-order valence-corrected chi connectivity index (χ0v) is 12.2. The highest BCUT2D eigenvalue weighted by atomic mass is 19.2. The Balaban J connectivity index is 2.05. The molecule has 1 aromatic carbocycles. The summed E-state index contributed by atoms with van der Waals surface area (Å²) in [4.78, 5) is 4.35. The molecular weight excluding hydrogens is 262 g/mol. The Bertz CT molecular complexity index is 479. The van der Waals surface area contributed by atoms with Crippen LogP contribution < -0.4 is 0 Å². The molecule has 0 aliphatic carbocycles. The lowest BCUT2D eigenvalue weighted by atomic mass is 9.99. The number of rotatable bonds is 3. The van der Waals surface area contributed by atoms with Gasteiger partial charge in [-0.05, 0) is 27.0 Å². The number of piperazine rings is 1. The molecular formula is C15H22F2N2O. The molecule has 0 radical (unpaired) electrons. The Labute approximate surface area is 118 Å². The summed E-state index contributed by atoms with van der Waals surface area (Å²) in [6.45, 7) is 7.08. The van der Waals surface area contributed by atoms with Crippen molar-refractivity contribution in [3.8, 4) is 0 Å². The first-order valence-electron chi connectivity index (χ1n) is 6.87. The molecule has 0 saturated carbocycles. The van der Waals surface area contributed by atoms with Crippen LogP contribution in [-0.4, -0.2) is 53.7 Å². The van der Waals surface area contributed by atoms with Crippen LogP contribution in [-0.2, 0) is 0 Å². The Hall–Kier alpha value is -1.04. The fourth-order valence-electron chi connectivity index (χ4n) is 2.62. The first-order valence-corrected chi connectivity index (χ1v) is 6.87. The lowest BCUT2D eigenvalue weighted by Gasteiger charge is -2.45. The van der Waals surface area contributed by atoms with E-state index < -0.39 is 17.7 Å². The van der Waals surface area contributed by atoms with Crippen molar-refractivity contribution in [2.24, 2.45) is 0 Å². The number of aliphatic hydroxyl groups is 1. The van der Waals surface area contributed by atoms with Gasteiger partial charge >= 0.3 is 0 Å². The van der Waals surface area contributed by atoms with Gasteiger partial charge in [-0.2, -0.15) is 0 Å². The number of hydrogen-bond donors (Lipinski definition) is 1. The van der Waals surface area contributed by atoms with Crippen LogP contribution in [0.3, 0.4) is 0 Å².